The van der Waals surface area contributed by atoms with E-state index in [2.05, 4.69) is 15.0 Å². The minimum atomic E-state index is 0.116. The van der Waals surface area contributed by atoms with Crippen LogP contribution >= 0.6 is 0 Å². The van der Waals surface area contributed by atoms with Crippen molar-refractivity contribution in [2.45, 2.75) is 58.7 Å². The van der Waals surface area contributed by atoms with Gasteiger partial charge in [-0.15, -0.1) is 0 Å². The number of piperidine rings is 1. The minimum Gasteiger partial charge on any atom is -0.491 e. The SMILES string of the molecule is Cc1nc(CN2CCCC(N(C)C(=O)Cc3cccc(OC(C)C)c3)C2)no1. The zero-order valence-corrected chi connectivity index (χ0v) is 17.2. The van der Waals surface area contributed by atoms with E-state index in [9.17, 15) is 4.79 Å². The van der Waals surface area contributed by atoms with Crippen LogP contribution in [0.4, 0.5) is 0 Å². The largest absolute Gasteiger partial charge is 0.491 e. The first-order chi connectivity index (χ1) is 13.4. The average Bonchev–Trinajstić information content (AvgIpc) is 3.05. The van der Waals surface area contributed by atoms with Crippen molar-refractivity contribution in [1.29, 1.82) is 0 Å². The Bertz CT molecular complexity index is 789. The molecular formula is C21H30N4O3. The van der Waals surface area contributed by atoms with Gasteiger partial charge in [-0.05, 0) is 50.9 Å². The Balaban J connectivity index is 1.56. The third-order valence-corrected chi connectivity index (χ3v) is 4.98. The molecule has 1 fully saturated rings. The molecule has 1 unspecified atom stereocenters. The molecule has 3 rings (SSSR count). The van der Waals surface area contributed by atoms with Gasteiger partial charge in [0.15, 0.2) is 5.82 Å². The summed E-state index contributed by atoms with van der Waals surface area (Å²) in [7, 11) is 1.91. The van der Waals surface area contributed by atoms with Gasteiger partial charge in [-0.25, -0.2) is 0 Å². The number of carbonyl (C=O) groups excluding carboxylic acids is 1. The number of carbonyl (C=O) groups is 1. The molecule has 0 aliphatic carbocycles. The van der Waals surface area contributed by atoms with Gasteiger partial charge in [0, 0.05) is 26.6 Å². The van der Waals surface area contributed by atoms with E-state index in [1.165, 1.54) is 0 Å². The third kappa shape index (κ3) is 5.55. The molecule has 1 saturated heterocycles. The first-order valence-corrected chi connectivity index (χ1v) is 9.93. The summed E-state index contributed by atoms with van der Waals surface area (Å²) >= 11 is 0. The Morgan fingerprint density at radius 3 is 2.96 bits per heavy atom. The molecule has 2 heterocycles. The number of aromatic nitrogens is 2. The molecule has 0 saturated carbocycles. The molecule has 0 spiro atoms. The lowest BCUT2D eigenvalue weighted by atomic mass is 10.0. The van der Waals surface area contributed by atoms with Crippen LogP contribution in [0, 0.1) is 6.92 Å². The molecule has 1 atom stereocenters. The van der Waals surface area contributed by atoms with Gasteiger partial charge < -0.3 is 14.2 Å². The van der Waals surface area contributed by atoms with Crippen LogP contribution < -0.4 is 4.74 Å². The van der Waals surface area contributed by atoms with Crippen molar-refractivity contribution in [2.75, 3.05) is 20.1 Å². The maximum atomic E-state index is 12.8. The van der Waals surface area contributed by atoms with Crippen LogP contribution in [0.25, 0.3) is 0 Å². The third-order valence-electron chi connectivity index (χ3n) is 4.98. The van der Waals surface area contributed by atoms with Crippen LogP contribution in [-0.4, -0.2) is 58.1 Å². The van der Waals surface area contributed by atoms with E-state index in [0.29, 0.717) is 24.7 Å². The fourth-order valence-electron chi connectivity index (χ4n) is 3.60. The molecule has 0 radical (unpaired) electrons. The van der Waals surface area contributed by atoms with Crippen LogP contribution in [0.1, 0.15) is 44.0 Å². The second kappa shape index (κ2) is 9.19. The van der Waals surface area contributed by atoms with Crippen molar-refractivity contribution in [3.63, 3.8) is 0 Å². The summed E-state index contributed by atoms with van der Waals surface area (Å²) < 4.78 is 10.8. The predicted molar refractivity (Wildman–Crippen MR) is 106 cm³/mol. The number of hydrogen-bond donors (Lipinski definition) is 0. The zero-order chi connectivity index (χ0) is 20.1. The molecule has 1 aromatic heterocycles. The predicted octanol–water partition coefficient (Wildman–Crippen LogP) is 2.83. The van der Waals surface area contributed by atoms with Crippen molar-refractivity contribution in [3.8, 4) is 5.75 Å². The summed E-state index contributed by atoms with van der Waals surface area (Å²) in [4.78, 5) is 21.3. The standard InChI is InChI=1S/C21H30N4O3/c1-15(2)27-19-9-5-7-17(11-19)12-21(26)24(4)18-8-6-10-25(13-18)14-20-22-16(3)28-23-20/h5,7,9,11,15,18H,6,8,10,12-14H2,1-4H3. The van der Waals surface area contributed by atoms with Gasteiger partial charge in [0.25, 0.3) is 0 Å². The smallest absolute Gasteiger partial charge is 0.227 e. The summed E-state index contributed by atoms with van der Waals surface area (Å²) in [5, 5.41) is 3.98. The van der Waals surface area contributed by atoms with E-state index in [-0.39, 0.29) is 18.1 Å². The first-order valence-electron chi connectivity index (χ1n) is 9.93. The number of benzene rings is 1. The van der Waals surface area contributed by atoms with E-state index in [0.717, 1.165) is 37.2 Å². The second-order valence-electron chi connectivity index (χ2n) is 7.76. The summed E-state index contributed by atoms with van der Waals surface area (Å²) in [6.07, 6.45) is 2.56. The molecule has 1 amide bonds. The number of hydrogen-bond acceptors (Lipinski definition) is 6. The zero-order valence-electron chi connectivity index (χ0n) is 17.2. The van der Waals surface area contributed by atoms with Gasteiger partial charge in [0.2, 0.25) is 11.8 Å². The Kier molecular flexibility index (Phi) is 6.67. The quantitative estimate of drug-likeness (QED) is 0.729. The van der Waals surface area contributed by atoms with Crippen LogP contribution in [0.15, 0.2) is 28.8 Å². The maximum absolute atomic E-state index is 12.8. The molecule has 28 heavy (non-hydrogen) atoms. The maximum Gasteiger partial charge on any atom is 0.227 e. The molecule has 0 N–H and O–H groups in total. The highest BCUT2D eigenvalue weighted by Gasteiger charge is 2.27. The highest BCUT2D eigenvalue weighted by Crippen LogP contribution is 2.19. The second-order valence-corrected chi connectivity index (χ2v) is 7.76. The normalized spacial score (nSPS) is 17.7. The minimum absolute atomic E-state index is 0.116. The van der Waals surface area contributed by atoms with Gasteiger partial charge in [-0.1, -0.05) is 17.3 Å². The summed E-state index contributed by atoms with van der Waals surface area (Å²) in [5.41, 5.74) is 0.977. The summed E-state index contributed by atoms with van der Waals surface area (Å²) in [5.74, 6) is 2.22. The number of amides is 1. The number of ether oxygens (including phenoxy) is 1. The molecule has 0 bridgehead atoms. The number of likely N-dealkylation sites (N-methyl/N-ethyl adjacent to an activating group) is 1. The van der Waals surface area contributed by atoms with Crippen molar-refractivity contribution < 1.29 is 14.1 Å². The summed E-state index contributed by atoms with van der Waals surface area (Å²) in [6.45, 7) is 8.26. The van der Waals surface area contributed by atoms with Crippen molar-refractivity contribution in [1.82, 2.24) is 19.9 Å². The number of rotatable bonds is 7. The van der Waals surface area contributed by atoms with E-state index in [1.807, 2.05) is 50.1 Å². The van der Waals surface area contributed by atoms with Crippen molar-refractivity contribution >= 4 is 5.91 Å². The topological polar surface area (TPSA) is 71.7 Å². The van der Waals surface area contributed by atoms with E-state index in [1.54, 1.807) is 6.92 Å². The fraction of sp³-hybridized carbons (Fsp3) is 0.571. The Hall–Kier alpha value is -2.41. The average molecular weight is 386 g/mol. The van der Waals surface area contributed by atoms with E-state index < -0.39 is 0 Å². The first kappa shape index (κ1) is 20.3. The van der Waals surface area contributed by atoms with Crippen LogP contribution in [-0.2, 0) is 17.8 Å². The van der Waals surface area contributed by atoms with Crippen LogP contribution in [0.3, 0.4) is 0 Å². The van der Waals surface area contributed by atoms with Crippen molar-refractivity contribution in [2.24, 2.45) is 0 Å². The number of aryl methyl sites for hydroxylation is 1. The Labute approximate surface area is 166 Å². The molecular weight excluding hydrogens is 356 g/mol. The van der Waals surface area contributed by atoms with Crippen LogP contribution in [0.2, 0.25) is 0 Å². The lowest BCUT2D eigenvalue weighted by Gasteiger charge is -2.37. The number of likely N-dealkylation sites (tertiary alicyclic amines) is 1. The molecule has 1 aromatic carbocycles. The fourth-order valence-corrected chi connectivity index (χ4v) is 3.60. The highest BCUT2D eigenvalue weighted by atomic mass is 16.5. The van der Waals surface area contributed by atoms with E-state index in [4.69, 9.17) is 9.26 Å². The van der Waals surface area contributed by atoms with Gasteiger partial charge in [-0.3, -0.25) is 9.69 Å². The van der Waals surface area contributed by atoms with Gasteiger partial charge in [-0.2, -0.15) is 4.98 Å². The highest BCUT2D eigenvalue weighted by molar-refractivity contribution is 5.79. The molecule has 1 aliphatic rings. The van der Waals surface area contributed by atoms with Crippen molar-refractivity contribution in [3.05, 3.63) is 41.5 Å². The van der Waals surface area contributed by atoms with E-state index >= 15 is 0 Å². The van der Waals surface area contributed by atoms with Gasteiger partial charge in [0.05, 0.1) is 19.1 Å². The Morgan fingerprint density at radius 1 is 1.43 bits per heavy atom. The monoisotopic (exact) mass is 386 g/mol. The molecule has 7 heteroatoms. The van der Waals surface area contributed by atoms with Crippen LogP contribution in [0.5, 0.6) is 5.75 Å². The lowest BCUT2D eigenvalue weighted by Crippen LogP contribution is -2.48. The summed E-state index contributed by atoms with van der Waals surface area (Å²) in [6, 6.07) is 8.00. The Morgan fingerprint density at radius 2 is 2.25 bits per heavy atom. The molecule has 1 aliphatic heterocycles. The molecule has 7 nitrogen and oxygen atoms in total. The number of nitrogens with zero attached hydrogens (tertiary/aromatic N) is 4. The van der Waals surface area contributed by atoms with Gasteiger partial charge in [0.1, 0.15) is 5.75 Å². The lowest BCUT2D eigenvalue weighted by molar-refractivity contribution is -0.132. The van der Waals surface area contributed by atoms with Gasteiger partial charge >= 0.3 is 0 Å². The molecule has 152 valence electrons. The molecule has 2 aromatic rings.